The van der Waals surface area contributed by atoms with Crippen LogP contribution in [0.2, 0.25) is 0 Å². The molecule has 158 valence electrons. The molecule has 0 spiro atoms. The van der Waals surface area contributed by atoms with Crippen LogP contribution < -0.4 is 10.1 Å². The number of hydrogen-bond acceptors (Lipinski definition) is 7. The molecule has 0 saturated heterocycles. The van der Waals surface area contributed by atoms with E-state index in [0.717, 1.165) is 17.5 Å². The van der Waals surface area contributed by atoms with Gasteiger partial charge in [-0.1, -0.05) is 0 Å². The summed E-state index contributed by atoms with van der Waals surface area (Å²) in [6.07, 6.45) is 1.07. The third kappa shape index (κ3) is 5.13. The smallest absolute Gasteiger partial charge is 0.280 e. The Labute approximate surface area is 172 Å². The largest absolute Gasteiger partial charge is 0.471 e. The number of anilines is 1. The first kappa shape index (κ1) is 21.3. The van der Waals surface area contributed by atoms with Crippen LogP contribution in [0, 0.1) is 5.53 Å². The molecule has 0 atom stereocenters. The van der Waals surface area contributed by atoms with E-state index in [4.69, 9.17) is 10.3 Å². The lowest BCUT2D eigenvalue weighted by Gasteiger charge is -2.27. The highest BCUT2D eigenvalue weighted by Crippen LogP contribution is 2.23. The number of alkyl halides is 2. The predicted molar refractivity (Wildman–Crippen MR) is 105 cm³/mol. The Morgan fingerprint density at radius 2 is 2.10 bits per heavy atom. The Bertz CT molecular complexity index is 962. The lowest BCUT2D eigenvalue weighted by atomic mass is 10.0. The van der Waals surface area contributed by atoms with E-state index in [1.54, 1.807) is 24.9 Å². The highest BCUT2D eigenvalue weighted by Gasteiger charge is 2.19. The van der Waals surface area contributed by atoms with Gasteiger partial charge in [0.15, 0.2) is 0 Å². The second-order valence-electron chi connectivity index (χ2n) is 6.84. The first-order chi connectivity index (χ1) is 14.4. The number of nitrogens with one attached hydrogen (secondary N) is 2. The van der Waals surface area contributed by atoms with E-state index in [2.05, 4.69) is 20.4 Å². The molecule has 0 radical (unpaired) electrons. The van der Waals surface area contributed by atoms with Crippen molar-refractivity contribution in [3.63, 3.8) is 0 Å². The summed E-state index contributed by atoms with van der Waals surface area (Å²) in [5.41, 5.74) is 10.4. The highest BCUT2D eigenvalue weighted by atomic mass is 19.3. The maximum absolute atomic E-state index is 12.7. The van der Waals surface area contributed by atoms with Crippen LogP contribution in [0.1, 0.15) is 37.1 Å². The number of carbonyl (C=O) groups excluding carboxylic acids is 1. The second kappa shape index (κ2) is 9.38. The van der Waals surface area contributed by atoms with Crippen molar-refractivity contribution in [3.05, 3.63) is 58.8 Å². The molecule has 3 heterocycles. The maximum atomic E-state index is 12.7. The van der Waals surface area contributed by atoms with Gasteiger partial charge in [-0.2, -0.15) is 5.11 Å². The Morgan fingerprint density at radius 1 is 1.30 bits per heavy atom. The Hall–Kier alpha value is -3.43. The molecule has 10 heteroatoms. The summed E-state index contributed by atoms with van der Waals surface area (Å²) in [4.78, 5) is 21.3. The third-order valence-electron chi connectivity index (χ3n) is 4.79. The Kier molecular flexibility index (Phi) is 6.65. The molecule has 0 aliphatic carbocycles. The number of hydrogen-bond donors (Lipinski definition) is 2. The van der Waals surface area contributed by atoms with Gasteiger partial charge < -0.3 is 15.0 Å². The van der Waals surface area contributed by atoms with Gasteiger partial charge in [0.05, 0.1) is 23.3 Å². The number of carbonyl (C=O) groups is 1. The zero-order valence-corrected chi connectivity index (χ0v) is 16.7. The van der Waals surface area contributed by atoms with Crippen LogP contribution in [0.15, 0.2) is 47.1 Å². The average Bonchev–Trinajstić information content (AvgIpc) is 2.75. The standard InChI is InChI=1S/C20H22F2N6O2/c1-12(27-23)18(26-16-3-4-17(20(21)22)24-9-16)11-30-19-7-14-5-6-28(13(2)29)10-15(14)8-25-19/h3-4,7-9,20,23,26H,5-6,10-11H2,1-2H3/b18-12-,27-23?. The number of fused-ring (bicyclic) bond motifs is 1. The molecule has 3 rings (SSSR count). The number of aromatic nitrogens is 2. The third-order valence-corrected chi connectivity index (χ3v) is 4.79. The maximum Gasteiger partial charge on any atom is 0.280 e. The number of amides is 1. The number of ether oxygens (including phenoxy) is 1. The minimum Gasteiger partial charge on any atom is -0.471 e. The molecule has 0 saturated carbocycles. The summed E-state index contributed by atoms with van der Waals surface area (Å²) in [6, 6.07) is 4.55. The minimum atomic E-state index is -2.64. The van der Waals surface area contributed by atoms with Gasteiger partial charge in [0, 0.05) is 32.3 Å². The van der Waals surface area contributed by atoms with Crippen molar-refractivity contribution in [3.8, 4) is 5.88 Å². The van der Waals surface area contributed by atoms with Crippen molar-refractivity contribution in [1.82, 2.24) is 14.9 Å². The lowest BCUT2D eigenvalue weighted by Crippen LogP contribution is -2.34. The molecule has 2 aromatic rings. The quantitative estimate of drug-likeness (QED) is 0.662. The van der Waals surface area contributed by atoms with E-state index >= 15 is 0 Å². The molecule has 0 aromatic carbocycles. The SMILES string of the molecule is CC(=O)N1CCc2cc(OC/C(Nc3ccc(C(F)F)nc3)=C(\C)N=N)ncc2C1. The first-order valence-electron chi connectivity index (χ1n) is 9.31. The normalized spacial score (nSPS) is 14.1. The van der Waals surface area contributed by atoms with Gasteiger partial charge in [0.2, 0.25) is 11.8 Å². The van der Waals surface area contributed by atoms with Gasteiger partial charge in [0.1, 0.15) is 12.3 Å². The first-order valence-corrected chi connectivity index (χ1v) is 9.31. The molecule has 1 aliphatic rings. The van der Waals surface area contributed by atoms with Gasteiger partial charge >= 0.3 is 0 Å². The number of nitrogens with zero attached hydrogens (tertiary/aromatic N) is 4. The summed E-state index contributed by atoms with van der Waals surface area (Å²) >= 11 is 0. The number of rotatable bonds is 7. The van der Waals surface area contributed by atoms with Gasteiger partial charge in [-0.15, -0.1) is 0 Å². The van der Waals surface area contributed by atoms with Crippen LogP contribution in [0.5, 0.6) is 5.88 Å². The summed E-state index contributed by atoms with van der Waals surface area (Å²) in [6.45, 7) is 4.42. The monoisotopic (exact) mass is 416 g/mol. The molecular weight excluding hydrogens is 394 g/mol. The fraction of sp³-hybridized carbons (Fsp3) is 0.350. The van der Waals surface area contributed by atoms with E-state index < -0.39 is 6.43 Å². The molecular formula is C20H22F2N6O2. The predicted octanol–water partition coefficient (Wildman–Crippen LogP) is 4.07. The van der Waals surface area contributed by atoms with Crippen LogP contribution in [0.4, 0.5) is 14.5 Å². The van der Waals surface area contributed by atoms with E-state index in [0.29, 0.717) is 36.1 Å². The lowest BCUT2D eigenvalue weighted by molar-refractivity contribution is -0.129. The highest BCUT2D eigenvalue weighted by molar-refractivity contribution is 5.73. The summed E-state index contributed by atoms with van der Waals surface area (Å²) < 4.78 is 31.1. The fourth-order valence-electron chi connectivity index (χ4n) is 2.99. The molecule has 2 N–H and O–H groups in total. The molecule has 30 heavy (non-hydrogen) atoms. The van der Waals surface area contributed by atoms with Crippen LogP contribution in [0.3, 0.4) is 0 Å². The van der Waals surface area contributed by atoms with Gasteiger partial charge in [-0.3, -0.25) is 9.78 Å². The number of allylic oxidation sites excluding steroid dienone is 1. The van der Waals surface area contributed by atoms with Crippen molar-refractivity contribution in [2.75, 3.05) is 18.5 Å². The second-order valence-corrected chi connectivity index (χ2v) is 6.84. The van der Waals surface area contributed by atoms with Crippen molar-refractivity contribution in [2.45, 2.75) is 33.2 Å². The molecule has 2 aromatic heterocycles. The van der Waals surface area contributed by atoms with E-state index in [-0.39, 0.29) is 18.2 Å². The van der Waals surface area contributed by atoms with Crippen LogP contribution in [-0.4, -0.2) is 33.9 Å². The molecule has 8 nitrogen and oxygen atoms in total. The van der Waals surface area contributed by atoms with E-state index in [1.807, 2.05) is 6.07 Å². The van der Waals surface area contributed by atoms with Crippen molar-refractivity contribution < 1.29 is 18.3 Å². The van der Waals surface area contributed by atoms with E-state index in [9.17, 15) is 13.6 Å². The van der Waals surface area contributed by atoms with Gasteiger partial charge in [0.25, 0.3) is 6.43 Å². The van der Waals surface area contributed by atoms with Crippen molar-refractivity contribution >= 4 is 11.6 Å². The number of halogens is 2. The molecule has 1 amide bonds. The molecule has 0 fully saturated rings. The van der Waals surface area contributed by atoms with Gasteiger partial charge in [-0.25, -0.2) is 19.3 Å². The summed E-state index contributed by atoms with van der Waals surface area (Å²) in [5, 5.41) is 6.44. The zero-order valence-electron chi connectivity index (χ0n) is 16.7. The van der Waals surface area contributed by atoms with Crippen LogP contribution >= 0.6 is 0 Å². The van der Waals surface area contributed by atoms with Crippen LogP contribution in [0.25, 0.3) is 0 Å². The molecule has 0 unspecified atom stereocenters. The number of pyridine rings is 2. The Morgan fingerprint density at radius 3 is 2.73 bits per heavy atom. The molecule has 1 aliphatic heterocycles. The van der Waals surface area contributed by atoms with Crippen molar-refractivity contribution in [2.24, 2.45) is 5.11 Å². The molecule has 0 bridgehead atoms. The summed E-state index contributed by atoms with van der Waals surface area (Å²) in [5.74, 6) is 0.445. The topological polar surface area (TPSA) is 104 Å². The zero-order chi connectivity index (χ0) is 21.7. The van der Waals surface area contributed by atoms with Gasteiger partial charge in [-0.05, 0) is 36.6 Å². The average molecular weight is 416 g/mol. The Balaban J connectivity index is 1.68. The fourth-order valence-corrected chi connectivity index (χ4v) is 2.99. The van der Waals surface area contributed by atoms with Crippen molar-refractivity contribution in [1.29, 1.82) is 5.53 Å². The van der Waals surface area contributed by atoms with E-state index in [1.165, 1.54) is 18.3 Å². The summed E-state index contributed by atoms with van der Waals surface area (Å²) in [7, 11) is 0. The minimum absolute atomic E-state index is 0.0347. The van der Waals surface area contributed by atoms with Crippen LogP contribution in [-0.2, 0) is 17.8 Å².